The van der Waals surface area contributed by atoms with Crippen molar-refractivity contribution < 1.29 is 0 Å². The molecule has 0 saturated carbocycles. The van der Waals surface area contributed by atoms with Crippen LogP contribution in [0.25, 0.3) is 11.3 Å². The summed E-state index contributed by atoms with van der Waals surface area (Å²) >= 11 is 6.84. The molecule has 0 atom stereocenters. The third-order valence-corrected chi connectivity index (χ3v) is 3.53. The summed E-state index contributed by atoms with van der Waals surface area (Å²) in [5, 5.41) is 9.34. The smallest absolute Gasteiger partial charge is 0.102 e. The van der Waals surface area contributed by atoms with Crippen LogP contribution in [0.2, 0.25) is 0 Å². The molecular weight excluding hydrogens is 368 g/mol. The van der Waals surface area contributed by atoms with E-state index < -0.39 is 0 Å². The van der Waals surface area contributed by atoms with E-state index in [2.05, 4.69) is 37.9 Å². The Morgan fingerprint density at radius 3 is 2.05 bits per heavy atom. The van der Waals surface area contributed by atoms with E-state index in [4.69, 9.17) is 5.73 Å². The number of rotatable bonds is 2. The number of hydrogen-bond acceptors (Lipinski definition) is 2. The van der Waals surface area contributed by atoms with Crippen LogP contribution in [0.5, 0.6) is 0 Å². The molecule has 2 aromatic rings. The van der Waals surface area contributed by atoms with Crippen molar-refractivity contribution >= 4 is 43.1 Å². The molecule has 0 radical (unpaired) electrons. The topological polar surface area (TPSA) is 49.8 Å². The second-order valence-corrected chi connectivity index (χ2v) is 5.76. The summed E-state index contributed by atoms with van der Waals surface area (Å²) in [6.07, 6.45) is 0. The average molecular weight is 378 g/mol. The van der Waals surface area contributed by atoms with Gasteiger partial charge in [-0.25, -0.2) is 0 Å². The van der Waals surface area contributed by atoms with E-state index in [0.717, 1.165) is 20.1 Å². The lowest BCUT2D eigenvalue weighted by Gasteiger charge is -2.07. The second kappa shape index (κ2) is 6.05. The number of nitriles is 1. The molecule has 2 nitrogen and oxygen atoms in total. The van der Waals surface area contributed by atoms with E-state index in [-0.39, 0.29) is 0 Å². The number of allylic oxidation sites excluding steroid dienone is 1. The van der Waals surface area contributed by atoms with Crippen molar-refractivity contribution in [3.05, 3.63) is 68.6 Å². The lowest BCUT2D eigenvalue weighted by Crippen LogP contribution is -2.00. The molecule has 0 aliphatic carbocycles. The Balaban J connectivity index is 2.59. The number of benzene rings is 2. The van der Waals surface area contributed by atoms with Crippen LogP contribution < -0.4 is 5.73 Å². The highest BCUT2D eigenvalue weighted by atomic mass is 79.9. The molecule has 94 valence electrons. The van der Waals surface area contributed by atoms with E-state index in [1.54, 1.807) is 0 Å². The molecule has 19 heavy (non-hydrogen) atoms. The fourth-order valence-corrected chi connectivity index (χ4v) is 3.03. The molecule has 4 heteroatoms. The molecule has 0 saturated heterocycles. The van der Waals surface area contributed by atoms with Gasteiger partial charge in [-0.3, -0.25) is 0 Å². The van der Waals surface area contributed by atoms with E-state index in [1.165, 1.54) is 0 Å². The lowest BCUT2D eigenvalue weighted by molar-refractivity contribution is 1.46. The Morgan fingerprint density at radius 2 is 1.53 bits per heavy atom. The molecule has 0 heterocycles. The van der Waals surface area contributed by atoms with Crippen LogP contribution in [0, 0.1) is 11.3 Å². The summed E-state index contributed by atoms with van der Waals surface area (Å²) in [6.45, 7) is 0. The molecular formula is C15H10Br2N2. The quantitative estimate of drug-likeness (QED) is 0.615. The first-order chi connectivity index (χ1) is 9.11. The maximum absolute atomic E-state index is 9.34. The van der Waals surface area contributed by atoms with Crippen molar-refractivity contribution in [2.24, 2.45) is 5.73 Å². The largest absolute Gasteiger partial charge is 0.397 e. The minimum Gasteiger partial charge on any atom is -0.397 e. The van der Waals surface area contributed by atoms with Crippen molar-refractivity contribution in [2.45, 2.75) is 0 Å². The number of hydrogen-bond donors (Lipinski definition) is 1. The van der Waals surface area contributed by atoms with Crippen LogP contribution in [-0.2, 0) is 0 Å². The molecule has 0 aliphatic heterocycles. The van der Waals surface area contributed by atoms with E-state index >= 15 is 0 Å². The first-order valence-electron chi connectivity index (χ1n) is 5.53. The van der Waals surface area contributed by atoms with E-state index in [0.29, 0.717) is 11.3 Å². The van der Waals surface area contributed by atoms with Gasteiger partial charge in [0.15, 0.2) is 0 Å². The summed E-state index contributed by atoms with van der Waals surface area (Å²) in [4.78, 5) is 0. The van der Waals surface area contributed by atoms with Crippen molar-refractivity contribution in [1.82, 2.24) is 0 Å². The Kier molecular flexibility index (Phi) is 4.41. The molecule has 2 aromatic carbocycles. The molecule has 0 unspecified atom stereocenters. The molecule has 0 spiro atoms. The molecule has 0 amide bonds. The highest BCUT2D eigenvalue weighted by molar-refractivity contribution is 9.11. The van der Waals surface area contributed by atoms with E-state index in [9.17, 15) is 5.26 Å². The SMILES string of the molecule is N#C/C(=C(/N)c1cc(Br)cc(Br)c1)c1ccccc1. The second-order valence-electron chi connectivity index (χ2n) is 3.92. The Hall–Kier alpha value is -1.57. The predicted octanol–water partition coefficient (Wildman–Crippen LogP) is 4.56. The number of halogens is 2. The molecule has 0 aromatic heterocycles. The zero-order valence-electron chi connectivity index (χ0n) is 9.90. The maximum Gasteiger partial charge on any atom is 0.102 e. The maximum atomic E-state index is 9.34. The van der Waals surface area contributed by atoms with Crippen molar-refractivity contribution in [3.63, 3.8) is 0 Å². The molecule has 2 N–H and O–H groups in total. The van der Waals surface area contributed by atoms with Gasteiger partial charge in [-0.2, -0.15) is 5.26 Å². The Morgan fingerprint density at radius 1 is 0.947 bits per heavy atom. The third kappa shape index (κ3) is 3.25. The highest BCUT2D eigenvalue weighted by Gasteiger charge is 2.09. The van der Waals surface area contributed by atoms with Crippen LogP contribution in [0.15, 0.2) is 57.5 Å². The number of nitrogens with zero attached hydrogens (tertiary/aromatic N) is 1. The van der Waals surface area contributed by atoms with Gasteiger partial charge in [-0.1, -0.05) is 62.2 Å². The molecule has 0 fully saturated rings. The van der Waals surface area contributed by atoms with Gasteiger partial charge in [0.1, 0.15) is 6.07 Å². The summed E-state index contributed by atoms with van der Waals surface area (Å²) in [5.74, 6) is 0. The van der Waals surface area contributed by atoms with Gasteiger partial charge in [-0.15, -0.1) is 0 Å². The van der Waals surface area contributed by atoms with Gasteiger partial charge in [-0.05, 0) is 23.8 Å². The van der Waals surface area contributed by atoms with Gasteiger partial charge in [0.05, 0.1) is 11.3 Å². The van der Waals surface area contributed by atoms with Gasteiger partial charge in [0.25, 0.3) is 0 Å². The minimum absolute atomic E-state index is 0.468. The lowest BCUT2D eigenvalue weighted by atomic mass is 10.0. The Labute approximate surface area is 128 Å². The highest BCUT2D eigenvalue weighted by Crippen LogP contribution is 2.27. The number of nitrogens with two attached hydrogens (primary N) is 1. The molecule has 2 rings (SSSR count). The van der Waals surface area contributed by atoms with Gasteiger partial charge in [0.2, 0.25) is 0 Å². The standard InChI is InChI=1S/C15H10Br2N2/c16-12-6-11(7-13(17)8-12)15(19)14(9-18)10-4-2-1-3-5-10/h1-8H,19H2/b15-14-. The summed E-state index contributed by atoms with van der Waals surface area (Å²) in [6, 6.07) is 17.3. The third-order valence-electron chi connectivity index (χ3n) is 2.62. The van der Waals surface area contributed by atoms with Crippen molar-refractivity contribution in [2.75, 3.05) is 0 Å². The molecule has 0 bridgehead atoms. The molecule has 0 aliphatic rings. The fraction of sp³-hybridized carbons (Fsp3) is 0. The van der Waals surface area contributed by atoms with Crippen LogP contribution >= 0.6 is 31.9 Å². The minimum atomic E-state index is 0.468. The van der Waals surface area contributed by atoms with Gasteiger partial charge >= 0.3 is 0 Å². The predicted molar refractivity (Wildman–Crippen MR) is 84.9 cm³/mol. The van der Waals surface area contributed by atoms with Crippen molar-refractivity contribution in [3.8, 4) is 6.07 Å². The average Bonchev–Trinajstić information content (AvgIpc) is 2.39. The summed E-state index contributed by atoms with van der Waals surface area (Å²) < 4.78 is 1.82. The Bertz CT molecular complexity index is 650. The first-order valence-corrected chi connectivity index (χ1v) is 7.12. The zero-order valence-corrected chi connectivity index (χ0v) is 13.1. The zero-order chi connectivity index (χ0) is 13.8. The van der Waals surface area contributed by atoms with Crippen LogP contribution in [0.1, 0.15) is 11.1 Å². The normalized spacial score (nSPS) is 11.6. The van der Waals surface area contributed by atoms with Crippen LogP contribution in [-0.4, -0.2) is 0 Å². The van der Waals surface area contributed by atoms with Crippen LogP contribution in [0.3, 0.4) is 0 Å². The monoisotopic (exact) mass is 376 g/mol. The van der Waals surface area contributed by atoms with Crippen LogP contribution in [0.4, 0.5) is 0 Å². The summed E-state index contributed by atoms with van der Waals surface area (Å²) in [7, 11) is 0. The first kappa shape index (κ1) is 13.9. The van der Waals surface area contributed by atoms with Gasteiger partial charge in [0, 0.05) is 14.5 Å². The van der Waals surface area contributed by atoms with Gasteiger partial charge < -0.3 is 5.73 Å². The summed E-state index contributed by atoms with van der Waals surface area (Å²) in [5.41, 5.74) is 8.71. The fourth-order valence-electron chi connectivity index (χ4n) is 1.74. The van der Waals surface area contributed by atoms with Crippen molar-refractivity contribution in [1.29, 1.82) is 5.26 Å². The van der Waals surface area contributed by atoms with E-state index in [1.807, 2.05) is 48.5 Å².